The molecule has 0 amide bonds. The van der Waals surface area contributed by atoms with E-state index < -0.39 is 11.9 Å². The van der Waals surface area contributed by atoms with Crippen LogP contribution in [-0.4, -0.2) is 29.4 Å². The van der Waals surface area contributed by atoms with Crippen LogP contribution in [0.4, 0.5) is 13.2 Å². The quantitative estimate of drug-likeness (QED) is 0.475. The first-order valence-corrected chi connectivity index (χ1v) is 11.1. The van der Waals surface area contributed by atoms with Crippen LogP contribution in [0.3, 0.4) is 0 Å². The fraction of sp³-hybridized carbons (Fsp3) is 0.500. The van der Waals surface area contributed by atoms with Crippen LogP contribution in [0.1, 0.15) is 59.3 Å². The van der Waals surface area contributed by atoms with Crippen LogP contribution in [0.25, 0.3) is 15.9 Å². The van der Waals surface area contributed by atoms with Gasteiger partial charge in [-0.1, -0.05) is 0 Å². The van der Waals surface area contributed by atoms with E-state index in [0.29, 0.717) is 24.5 Å². The van der Waals surface area contributed by atoms with E-state index in [9.17, 15) is 13.2 Å². The summed E-state index contributed by atoms with van der Waals surface area (Å²) in [6, 6.07) is 1.19. The van der Waals surface area contributed by atoms with Gasteiger partial charge in [-0.25, -0.2) is 14.5 Å². The predicted octanol–water partition coefficient (Wildman–Crippen LogP) is 4.55. The number of aromatic nitrogens is 6. The zero-order valence-electron chi connectivity index (χ0n) is 16.1. The van der Waals surface area contributed by atoms with Crippen LogP contribution in [0, 0.1) is 0 Å². The molecule has 1 saturated carbocycles. The van der Waals surface area contributed by atoms with E-state index in [1.165, 1.54) is 34.0 Å². The molecule has 0 bridgehead atoms. The van der Waals surface area contributed by atoms with Crippen molar-refractivity contribution in [1.29, 1.82) is 0 Å². The average Bonchev–Trinajstić information content (AvgIpc) is 3.17. The maximum atomic E-state index is 13.1. The SMILES string of the molecule is FC(F)(F)c1cc(C2CC2)n(CCc2nc3c4c5c(sc4ncn3n2)CCCC5)n1. The van der Waals surface area contributed by atoms with E-state index in [2.05, 4.69) is 15.2 Å². The number of hydrogen-bond donors (Lipinski definition) is 0. The monoisotopic (exact) mass is 432 g/mol. The molecule has 6 nitrogen and oxygen atoms in total. The van der Waals surface area contributed by atoms with Crippen LogP contribution in [0.2, 0.25) is 0 Å². The van der Waals surface area contributed by atoms with Crippen molar-refractivity contribution in [2.75, 3.05) is 0 Å². The van der Waals surface area contributed by atoms with Crippen molar-refractivity contribution in [2.45, 2.75) is 63.6 Å². The molecule has 0 aromatic carbocycles. The minimum Gasteiger partial charge on any atom is -0.268 e. The average molecular weight is 432 g/mol. The number of rotatable bonds is 4. The maximum absolute atomic E-state index is 13.1. The number of alkyl halides is 3. The van der Waals surface area contributed by atoms with Crippen molar-refractivity contribution in [1.82, 2.24) is 29.4 Å². The summed E-state index contributed by atoms with van der Waals surface area (Å²) in [6.07, 6.45) is 4.03. The molecule has 1 fully saturated rings. The number of nitrogens with zero attached hydrogens (tertiary/aromatic N) is 6. The van der Waals surface area contributed by atoms with E-state index in [-0.39, 0.29) is 5.92 Å². The van der Waals surface area contributed by atoms with Gasteiger partial charge in [-0.15, -0.1) is 16.4 Å². The Morgan fingerprint density at radius 2 is 1.97 bits per heavy atom. The zero-order valence-corrected chi connectivity index (χ0v) is 16.9. The molecule has 10 heteroatoms. The molecule has 0 aliphatic heterocycles. The van der Waals surface area contributed by atoms with Crippen LogP contribution in [0.15, 0.2) is 12.4 Å². The summed E-state index contributed by atoms with van der Waals surface area (Å²) in [5.74, 6) is 0.787. The summed E-state index contributed by atoms with van der Waals surface area (Å²) >= 11 is 1.74. The molecule has 156 valence electrons. The van der Waals surface area contributed by atoms with Gasteiger partial charge in [-0.3, -0.25) is 4.68 Å². The Balaban J connectivity index is 1.33. The Morgan fingerprint density at radius 3 is 2.77 bits per heavy atom. The molecule has 4 aromatic rings. The molecule has 0 spiro atoms. The Bertz CT molecular complexity index is 1260. The normalized spacial score (nSPS) is 17.2. The number of thiophene rings is 1. The van der Waals surface area contributed by atoms with E-state index >= 15 is 0 Å². The van der Waals surface area contributed by atoms with Gasteiger partial charge in [-0.2, -0.15) is 18.3 Å². The Hall–Kier alpha value is -2.49. The van der Waals surface area contributed by atoms with Crippen LogP contribution < -0.4 is 0 Å². The second-order valence-corrected chi connectivity index (χ2v) is 9.22. The topological polar surface area (TPSA) is 60.9 Å². The van der Waals surface area contributed by atoms with Crippen LogP contribution in [-0.2, 0) is 32.0 Å². The highest BCUT2D eigenvalue weighted by atomic mass is 32.1. The van der Waals surface area contributed by atoms with Gasteiger partial charge in [0.25, 0.3) is 0 Å². The van der Waals surface area contributed by atoms with Gasteiger partial charge in [0.15, 0.2) is 17.2 Å². The summed E-state index contributed by atoms with van der Waals surface area (Å²) in [5, 5.41) is 9.46. The molecule has 0 unspecified atom stereocenters. The third-order valence-electron chi connectivity index (χ3n) is 5.98. The lowest BCUT2D eigenvalue weighted by Crippen LogP contribution is -2.10. The van der Waals surface area contributed by atoms with Gasteiger partial charge in [-0.05, 0) is 50.2 Å². The largest absolute Gasteiger partial charge is 0.435 e. The lowest BCUT2D eigenvalue weighted by Gasteiger charge is -2.09. The molecule has 0 saturated heterocycles. The fourth-order valence-electron chi connectivity index (χ4n) is 4.37. The molecular formula is C20H19F3N6S. The Morgan fingerprint density at radius 1 is 1.13 bits per heavy atom. The van der Waals surface area contributed by atoms with Crippen molar-refractivity contribution in [3.63, 3.8) is 0 Å². The summed E-state index contributed by atoms with van der Waals surface area (Å²) in [4.78, 5) is 11.7. The van der Waals surface area contributed by atoms with Gasteiger partial charge >= 0.3 is 6.18 Å². The molecule has 0 N–H and O–H groups in total. The van der Waals surface area contributed by atoms with E-state index in [1.807, 2.05) is 0 Å². The number of halogens is 3. The highest BCUT2D eigenvalue weighted by molar-refractivity contribution is 7.19. The van der Waals surface area contributed by atoms with Gasteiger partial charge in [0.1, 0.15) is 11.2 Å². The summed E-state index contributed by atoms with van der Waals surface area (Å²) in [7, 11) is 0. The molecule has 0 radical (unpaired) electrons. The third-order valence-corrected chi connectivity index (χ3v) is 7.18. The molecule has 4 aromatic heterocycles. The zero-order chi connectivity index (χ0) is 20.5. The second-order valence-electron chi connectivity index (χ2n) is 8.13. The van der Waals surface area contributed by atoms with Crippen molar-refractivity contribution < 1.29 is 13.2 Å². The smallest absolute Gasteiger partial charge is 0.268 e. The first kappa shape index (κ1) is 18.3. The molecule has 4 heterocycles. The summed E-state index contributed by atoms with van der Waals surface area (Å²) < 4.78 is 42.5. The van der Waals surface area contributed by atoms with Crippen molar-refractivity contribution in [3.05, 3.63) is 40.0 Å². The minimum absolute atomic E-state index is 0.184. The predicted molar refractivity (Wildman–Crippen MR) is 106 cm³/mol. The van der Waals surface area contributed by atoms with Crippen molar-refractivity contribution >= 4 is 27.2 Å². The van der Waals surface area contributed by atoms with E-state index in [4.69, 9.17) is 4.98 Å². The Labute approximate surface area is 173 Å². The molecule has 2 aliphatic carbocycles. The van der Waals surface area contributed by atoms with Gasteiger partial charge in [0, 0.05) is 29.5 Å². The third kappa shape index (κ3) is 3.00. The molecule has 30 heavy (non-hydrogen) atoms. The fourth-order valence-corrected chi connectivity index (χ4v) is 5.59. The molecular weight excluding hydrogens is 413 g/mol. The minimum atomic E-state index is -4.43. The second kappa shape index (κ2) is 6.50. The lowest BCUT2D eigenvalue weighted by molar-refractivity contribution is -0.141. The highest BCUT2D eigenvalue weighted by Gasteiger charge is 2.37. The molecule has 0 atom stereocenters. The first-order chi connectivity index (χ1) is 14.5. The van der Waals surface area contributed by atoms with Gasteiger partial charge < -0.3 is 0 Å². The summed E-state index contributed by atoms with van der Waals surface area (Å²) in [5.41, 5.74) is 2.00. The van der Waals surface area contributed by atoms with Crippen LogP contribution in [0.5, 0.6) is 0 Å². The van der Waals surface area contributed by atoms with Crippen LogP contribution >= 0.6 is 11.3 Å². The summed E-state index contributed by atoms with van der Waals surface area (Å²) in [6.45, 7) is 0.330. The standard InChI is InChI=1S/C20H19F3N6S/c21-20(22,23)15-9-13(11-5-6-11)28(26-15)8-7-16-25-18-17-12-3-1-2-4-14(12)30-19(17)24-10-29(18)27-16/h9-11H,1-8H2. The Kier molecular flexibility index (Phi) is 3.96. The van der Waals surface area contributed by atoms with E-state index in [0.717, 1.165) is 41.5 Å². The molecule has 6 rings (SSSR count). The number of fused-ring (bicyclic) bond motifs is 5. The lowest BCUT2D eigenvalue weighted by atomic mass is 9.97. The van der Waals surface area contributed by atoms with Gasteiger partial charge in [0.2, 0.25) is 0 Å². The highest BCUT2D eigenvalue weighted by Crippen LogP contribution is 2.42. The first-order valence-electron chi connectivity index (χ1n) is 10.3. The number of aryl methyl sites for hydroxylation is 4. The number of hydrogen-bond acceptors (Lipinski definition) is 5. The van der Waals surface area contributed by atoms with Crippen molar-refractivity contribution in [2.24, 2.45) is 0 Å². The molecule has 2 aliphatic rings. The van der Waals surface area contributed by atoms with Crippen molar-refractivity contribution in [3.8, 4) is 0 Å². The maximum Gasteiger partial charge on any atom is 0.435 e. The van der Waals surface area contributed by atoms with Gasteiger partial charge in [0.05, 0.1) is 5.39 Å². The van der Waals surface area contributed by atoms with E-state index in [1.54, 1.807) is 22.2 Å².